The molecule has 0 unspecified atom stereocenters. The van der Waals surface area contributed by atoms with E-state index in [2.05, 4.69) is 17.6 Å². The predicted molar refractivity (Wildman–Crippen MR) is 119 cm³/mol. The van der Waals surface area contributed by atoms with Crippen LogP contribution in [0.2, 0.25) is 0 Å². The van der Waals surface area contributed by atoms with Gasteiger partial charge in [-0.2, -0.15) is 0 Å². The quantitative estimate of drug-likeness (QED) is 0.559. The molecular formula is C24H24N2O2S. The summed E-state index contributed by atoms with van der Waals surface area (Å²) in [6.07, 6.45) is 1.71. The second kappa shape index (κ2) is 9.85. The van der Waals surface area contributed by atoms with Gasteiger partial charge >= 0.3 is 0 Å². The van der Waals surface area contributed by atoms with Crippen LogP contribution in [-0.2, 0) is 4.79 Å². The first-order valence-corrected chi connectivity index (χ1v) is 10.4. The van der Waals surface area contributed by atoms with Crippen molar-refractivity contribution in [3.63, 3.8) is 0 Å². The molecule has 0 saturated heterocycles. The highest BCUT2D eigenvalue weighted by Crippen LogP contribution is 2.16. The van der Waals surface area contributed by atoms with Crippen LogP contribution in [0.5, 0.6) is 0 Å². The Hall–Kier alpha value is -3.18. The Labute approximate surface area is 175 Å². The third-order valence-corrected chi connectivity index (χ3v) is 5.47. The average molecular weight is 405 g/mol. The molecule has 5 heteroatoms. The first-order chi connectivity index (χ1) is 14.0. The van der Waals surface area contributed by atoms with E-state index in [1.165, 1.54) is 11.3 Å². The van der Waals surface area contributed by atoms with Crippen molar-refractivity contribution in [3.8, 4) is 0 Å². The molecule has 4 nitrogen and oxygen atoms in total. The molecule has 0 spiro atoms. The molecule has 1 aromatic heterocycles. The average Bonchev–Trinajstić information content (AvgIpc) is 3.25. The maximum Gasteiger partial charge on any atom is 0.267 e. The predicted octanol–water partition coefficient (Wildman–Crippen LogP) is 4.75. The standard InChI is InChI=1S/C24H24N2O2S/c1-17-9-6-7-13-21(17)23(27)26-22(15-20-12-8-14-29-20)24(28)25-16-18(2)19-10-4-3-5-11-19/h3-15,18H,16H2,1-2H3,(H,25,28)(H,26,27)/b22-15-/t18-/m1/s1. The van der Waals surface area contributed by atoms with E-state index in [1.807, 2.05) is 73.0 Å². The molecule has 3 aromatic rings. The minimum Gasteiger partial charge on any atom is -0.350 e. The lowest BCUT2D eigenvalue weighted by Gasteiger charge is -2.15. The number of amides is 2. The Bertz CT molecular complexity index is 995. The smallest absolute Gasteiger partial charge is 0.267 e. The maximum atomic E-state index is 12.9. The van der Waals surface area contributed by atoms with Gasteiger partial charge in [0.1, 0.15) is 5.70 Å². The Morgan fingerprint density at radius 2 is 1.72 bits per heavy atom. The van der Waals surface area contributed by atoms with E-state index < -0.39 is 0 Å². The third-order valence-electron chi connectivity index (χ3n) is 4.65. The van der Waals surface area contributed by atoms with Gasteiger partial charge in [0.15, 0.2) is 0 Å². The molecule has 1 heterocycles. The minimum atomic E-state index is -0.303. The molecule has 2 amide bonds. The maximum absolute atomic E-state index is 12.9. The van der Waals surface area contributed by atoms with Gasteiger partial charge in [-0.15, -0.1) is 11.3 Å². The van der Waals surface area contributed by atoms with Crippen LogP contribution in [0.3, 0.4) is 0 Å². The summed E-state index contributed by atoms with van der Waals surface area (Å²) in [5.41, 5.74) is 2.80. The number of thiophene rings is 1. The number of nitrogens with one attached hydrogen (secondary N) is 2. The minimum absolute atomic E-state index is 0.162. The molecule has 0 bridgehead atoms. The van der Waals surface area contributed by atoms with Crippen LogP contribution in [0.25, 0.3) is 6.08 Å². The number of carbonyl (C=O) groups excluding carboxylic acids is 2. The van der Waals surface area contributed by atoms with Gasteiger partial charge in [0.05, 0.1) is 0 Å². The van der Waals surface area contributed by atoms with Crippen LogP contribution >= 0.6 is 11.3 Å². The van der Waals surface area contributed by atoms with Crippen molar-refractivity contribution in [1.82, 2.24) is 10.6 Å². The fourth-order valence-corrected chi connectivity index (χ4v) is 3.59. The van der Waals surface area contributed by atoms with E-state index in [9.17, 15) is 9.59 Å². The van der Waals surface area contributed by atoms with Gasteiger partial charge in [-0.25, -0.2) is 0 Å². The van der Waals surface area contributed by atoms with Gasteiger partial charge in [-0.05, 0) is 47.6 Å². The molecule has 0 aliphatic heterocycles. The second-order valence-electron chi connectivity index (χ2n) is 6.86. The topological polar surface area (TPSA) is 58.2 Å². The van der Waals surface area contributed by atoms with Gasteiger partial charge in [0, 0.05) is 17.0 Å². The number of benzene rings is 2. The largest absolute Gasteiger partial charge is 0.350 e. The van der Waals surface area contributed by atoms with Crippen LogP contribution in [0.1, 0.15) is 39.2 Å². The molecule has 0 aliphatic carbocycles. The van der Waals surface area contributed by atoms with Crippen molar-refractivity contribution in [1.29, 1.82) is 0 Å². The summed E-state index contributed by atoms with van der Waals surface area (Å²) in [5.74, 6) is -0.435. The Morgan fingerprint density at radius 1 is 1.00 bits per heavy atom. The van der Waals surface area contributed by atoms with Gasteiger partial charge in [0.25, 0.3) is 11.8 Å². The van der Waals surface area contributed by atoms with Crippen molar-refractivity contribution in [2.75, 3.05) is 6.54 Å². The number of hydrogen-bond donors (Lipinski definition) is 2. The summed E-state index contributed by atoms with van der Waals surface area (Å²) in [7, 11) is 0. The Kier molecular flexibility index (Phi) is 6.98. The molecule has 1 atom stereocenters. The lowest BCUT2D eigenvalue weighted by atomic mass is 10.0. The van der Waals surface area contributed by atoms with Gasteiger partial charge in [-0.1, -0.05) is 61.5 Å². The summed E-state index contributed by atoms with van der Waals surface area (Å²) in [5, 5.41) is 7.67. The zero-order chi connectivity index (χ0) is 20.6. The van der Waals surface area contributed by atoms with Crippen LogP contribution in [-0.4, -0.2) is 18.4 Å². The molecule has 0 radical (unpaired) electrons. The zero-order valence-electron chi connectivity index (χ0n) is 16.5. The van der Waals surface area contributed by atoms with Crippen molar-refractivity contribution in [2.24, 2.45) is 0 Å². The SMILES string of the molecule is Cc1ccccc1C(=O)N/C(=C\c1cccs1)C(=O)NC[C@@H](C)c1ccccc1. The summed E-state index contributed by atoms with van der Waals surface area (Å²) >= 11 is 1.51. The number of hydrogen-bond acceptors (Lipinski definition) is 3. The van der Waals surface area contributed by atoms with Crippen LogP contribution < -0.4 is 10.6 Å². The monoisotopic (exact) mass is 404 g/mol. The lowest BCUT2D eigenvalue weighted by molar-refractivity contribution is -0.117. The number of carbonyl (C=O) groups is 2. The van der Waals surface area contributed by atoms with E-state index in [0.717, 1.165) is 16.0 Å². The Balaban J connectivity index is 1.74. The highest BCUT2D eigenvalue weighted by Gasteiger charge is 2.17. The normalized spacial score (nSPS) is 12.3. The number of aryl methyl sites for hydroxylation is 1. The highest BCUT2D eigenvalue weighted by atomic mass is 32.1. The zero-order valence-corrected chi connectivity index (χ0v) is 17.3. The molecule has 29 heavy (non-hydrogen) atoms. The summed E-state index contributed by atoms with van der Waals surface area (Å²) in [6.45, 7) is 4.41. The first-order valence-electron chi connectivity index (χ1n) is 9.50. The Morgan fingerprint density at radius 3 is 2.41 bits per heavy atom. The molecule has 2 N–H and O–H groups in total. The molecule has 0 aliphatic rings. The molecule has 2 aromatic carbocycles. The van der Waals surface area contributed by atoms with Crippen molar-refractivity contribution in [2.45, 2.75) is 19.8 Å². The summed E-state index contributed by atoms with van der Waals surface area (Å²) in [4.78, 5) is 26.5. The van der Waals surface area contributed by atoms with Gasteiger partial charge < -0.3 is 10.6 Å². The van der Waals surface area contributed by atoms with Gasteiger partial charge in [-0.3, -0.25) is 9.59 Å². The summed E-state index contributed by atoms with van der Waals surface area (Å²) < 4.78 is 0. The van der Waals surface area contributed by atoms with Crippen LogP contribution in [0.4, 0.5) is 0 Å². The number of rotatable bonds is 7. The lowest BCUT2D eigenvalue weighted by Crippen LogP contribution is -2.36. The third kappa shape index (κ3) is 5.65. The van der Waals surface area contributed by atoms with E-state index in [-0.39, 0.29) is 23.4 Å². The van der Waals surface area contributed by atoms with E-state index in [4.69, 9.17) is 0 Å². The van der Waals surface area contributed by atoms with E-state index in [1.54, 1.807) is 12.1 Å². The summed E-state index contributed by atoms with van der Waals surface area (Å²) in [6, 6.07) is 21.2. The highest BCUT2D eigenvalue weighted by molar-refractivity contribution is 7.10. The van der Waals surface area contributed by atoms with Crippen molar-refractivity contribution in [3.05, 3.63) is 99.4 Å². The van der Waals surface area contributed by atoms with Crippen LogP contribution in [0.15, 0.2) is 77.8 Å². The molecule has 0 saturated carbocycles. The van der Waals surface area contributed by atoms with Crippen molar-refractivity contribution >= 4 is 29.2 Å². The van der Waals surface area contributed by atoms with Gasteiger partial charge in [0.2, 0.25) is 0 Å². The van der Waals surface area contributed by atoms with E-state index >= 15 is 0 Å². The molecular weight excluding hydrogens is 380 g/mol. The first kappa shape index (κ1) is 20.6. The molecule has 148 valence electrons. The van der Waals surface area contributed by atoms with Crippen molar-refractivity contribution < 1.29 is 9.59 Å². The van der Waals surface area contributed by atoms with E-state index in [0.29, 0.717) is 12.1 Å². The second-order valence-corrected chi connectivity index (χ2v) is 7.84. The fraction of sp³-hybridized carbons (Fsp3) is 0.167. The molecule has 0 fully saturated rings. The van der Waals surface area contributed by atoms with Crippen LogP contribution in [0, 0.1) is 6.92 Å². The molecule has 3 rings (SSSR count). The fourth-order valence-electron chi connectivity index (χ4n) is 2.93.